The number of hydrogen-bond donors (Lipinski definition) is 0. The van der Waals surface area contributed by atoms with Gasteiger partial charge in [-0.2, -0.15) is 0 Å². The van der Waals surface area contributed by atoms with Gasteiger partial charge in [0.05, 0.1) is 5.25 Å². The van der Waals surface area contributed by atoms with Crippen LogP contribution >= 0.6 is 0 Å². The molecule has 3 aliphatic rings. The van der Waals surface area contributed by atoms with Crippen molar-refractivity contribution in [2.24, 2.45) is 0 Å². The van der Waals surface area contributed by atoms with Crippen LogP contribution < -0.4 is 0 Å². The molecule has 2 aliphatic heterocycles. The molecule has 2 heterocycles. The fourth-order valence-corrected chi connectivity index (χ4v) is 6.29. The van der Waals surface area contributed by atoms with E-state index in [-0.39, 0.29) is 5.25 Å². The highest BCUT2D eigenvalue weighted by molar-refractivity contribution is 7.89. The minimum Gasteiger partial charge on any atom is -0.304 e. The van der Waals surface area contributed by atoms with Gasteiger partial charge in [0.25, 0.3) is 0 Å². The highest BCUT2D eigenvalue weighted by atomic mass is 32.2. The van der Waals surface area contributed by atoms with Crippen LogP contribution in [0.25, 0.3) is 0 Å². The molecule has 0 atom stereocenters. The van der Waals surface area contributed by atoms with Crippen LogP contribution in [0.1, 0.15) is 44.9 Å². The van der Waals surface area contributed by atoms with Gasteiger partial charge in [-0.1, -0.05) is 19.3 Å². The predicted molar refractivity (Wildman–Crippen MR) is 89.5 cm³/mol. The predicted octanol–water partition coefficient (Wildman–Crippen LogP) is 1.36. The maximum Gasteiger partial charge on any atom is 0.216 e. The van der Waals surface area contributed by atoms with Crippen molar-refractivity contribution in [1.29, 1.82) is 0 Å². The summed E-state index contributed by atoms with van der Waals surface area (Å²) in [7, 11) is -0.864. The summed E-state index contributed by atoms with van der Waals surface area (Å²) in [6.07, 6.45) is 7.15. The zero-order valence-electron chi connectivity index (χ0n) is 13.9. The van der Waals surface area contributed by atoms with E-state index < -0.39 is 10.0 Å². The van der Waals surface area contributed by atoms with E-state index in [2.05, 4.69) is 16.8 Å². The van der Waals surface area contributed by atoms with Crippen molar-refractivity contribution in [1.82, 2.24) is 14.1 Å². The molecule has 0 unspecified atom stereocenters. The van der Waals surface area contributed by atoms with E-state index in [0.29, 0.717) is 6.04 Å². The maximum absolute atomic E-state index is 12.8. The van der Waals surface area contributed by atoms with Crippen LogP contribution in [-0.2, 0) is 10.0 Å². The quantitative estimate of drug-likeness (QED) is 0.784. The lowest BCUT2D eigenvalue weighted by Gasteiger charge is -2.42. The normalized spacial score (nSPS) is 29.0. The lowest BCUT2D eigenvalue weighted by atomic mass is 10.0. The monoisotopic (exact) mass is 329 g/mol. The number of rotatable bonds is 3. The summed E-state index contributed by atoms with van der Waals surface area (Å²) >= 11 is 0. The van der Waals surface area contributed by atoms with E-state index in [1.165, 1.54) is 6.42 Å². The van der Waals surface area contributed by atoms with Crippen molar-refractivity contribution in [2.45, 2.75) is 56.2 Å². The second-order valence-electron chi connectivity index (χ2n) is 7.27. The second-order valence-corrected chi connectivity index (χ2v) is 9.49. The summed E-state index contributed by atoms with van der Waals surface area (Å²) in [6, 6.07) is 0.589. The van der Waals surface area contributed by atoms with Crippen LogP contribution in [0.2, 0.25) is 0 Å². The van der Waals surface area contributed by atoms with Crippen molar-refractivity contribution >= 4 is 10.0 Å². The van der Waals surface area contributed by atoms with Gasteiger partial charge in [0.15, 0.2) is 0 Å². The maximum atomic E-state index is 12.8. The first-order valence-corrected chi connectivity index (χ1v) is 10.5. The van der Waals surface area contributed by atoms with Crippen LogP contribution in [0.15, 0.2) is 0 Å². The zero-order valence-corrected chi connectivity index (χ0v) is 14.7. The van der Waals surface area contributed by atoms with E-state index >= 15 is 0 Å². The number of nitrogens with zero attached hydrogens (tertiary/aromatic N) is 3. The number of sulfonamides is 1. The summed E-state index contributed by atoms with van der Waals surface area (Å²) < 4.78 is 27.3. The molecule has 0 spiro atoms. The number of hydrogen-bond acceptors (Lipinski definition) is 4. The smallest absolute Gasteiger partial charge is 0.216 e. The van der Waals surface area contributed by atoms with Gasteiger partial charge in [-0.15, -0.1) is 0 Å². The summed E-state index contributed by atoms with van der Waals surface area (Å²) in [5.41, 5.74) is 0. The fraction of sp³-hybridized carbons (Fsp3) is 1.00. The molecule has 1 saturated carbocycles. The Bertz CT molecular complexity index is 446. The number of likely N-dealkylation sites (N-methyl/N-ethyl adjacent to an activating group) is 1. The molecule has 0 radical (unpaired) electrons. The first kappa shape index (κ1) is 16.7. The van der Waals surface area contributed by atoms with Gasteiger partial charge in [0.2, 0.25) is 10.0 Å². The average molecular weight is 330 g/mol. The second kappa shape index (κ2) is 7.16. The molecule has 6 heteroatoms. The van der Waals surface area contributed by atoms with Gasteiger partial charge in [-0.05, 0) is 32.7 Å². The Hall–Kier alpha value is -0.170. The molecule has 0 N–H and O–H groups in total. The van der Waals surface area contributed by atoms with E-state index in [1.54, 1.807) is 4.31 Å². The lowest BCUT2D eigenvalue weighted by Crippen LogP contribution is -2.53. The highest BCUT2D eigenvalue weighted by Gasteiger charge is 2.36. The first-order valence-electron chi connectivity index (χ1n) is 8.99. The molecule has 3 fully saturated rings. The molecule has 0 aromatic heterocycles. The van der Waals surface area contributed by atoms with Crippen molar-refractivity contribution in [3.05, 3.63) is 0 Å². The molecule has 2 saturated heterocycles. The summed E-state index contributed by atoms with van der Waals surface area (Å²) in [4.78, 5) is 4.95. The molecule has 0 bridgehead atoms. The molecule has 0 aromatic rings. The van der Waals surface area contributed by atoms with E-state index in [9.17, 15) is 8.42 Å². The van der Waals surface area contributed by atoms with E-state index in [1.807, 2.05) is 0 Å². The Balaban J connectivity index is 1.52. The third-order valence-electron chi connectivity index (χ3n) is 5.81. The zero-order chi connectivity index (χ0) is 15.6. The lowest BCUT2D eigenvalue weighted by molar-refractivity contribution is 0.0834. The van der Waals surface area contributed by atoms with E-state index in [4.69, 9.17) is 0 Å². The SMILES string of the molecule is CN1CCN(C2CCN(S(=O)(=O)C3CCCCC3)CC2)CC1. The molecule has 3 rings (SSSR count). The van der Waals surface area contributed by atoms with Crippen LogP contribution in [0.3, 0.4) is 0 Å². The van der Waals surface area contributed by atoms with Crippen molar-refractivity contribution in [3.8, 4) is 0 Å². The van der Waals surface area contributed by atoms with Crippen molar-refractivity contribution in [2.75, 3.05) is 46.3 Å². The summed E-state index contributed by atoms with van der Waals surface area (Å²) in [6.45, 7) is 6.01. The largest absolute Gasteiger partial charge is 0.304 e. The molecule has 5 nitrogen and oxygen atoms in total. The molecule has 0 aromatic carbocycles. The molecule has 128 valence electrons. The minimum atomic E-state index is -3.04. The third-order valence-corrected chi connectivity index (χ3v) is 8.21. The van der Waals surface area contributed by atoms with Crippen molar-refractivity contribution < 1.29 is 8.42 Å². The van der Waals surface area contributed by atoms with Crippen molar-refractivity contribution in [3.63, 3.8) is 0 Å². The Kier molecular flexibility index (Phi) is 5.43. The Morgan fingerprint density at radius 1 is 0.773 bits per heavy atom. The molecular formula is C16H31N3O2S. The van der Waals surface area contributed by atoms with Gasteiger partial charge in [-0.25, -0.2) is 12.7 Å². The topological polar surface area (TPSA) is 43.9 Å². The Morgan fingerprint density at radius 3 is 1.95 bits per heavy atom. The molecule has 0 amide bonds. The third kappa shape index (κ3) is 3.66. The number of piperazine rings is 1. The summed E-state index contributed by atoms with van der Waals surface area (Å²) in [5.74, 6) is 0. The molecule has 1 aliphatic carbocycles. The van der Waals surface area contributed by atoms with Gasteiger partial charge in [0.1, 0.15) is 0 Å². The fourth-order valence-electron chi connectivity index (χ4n) is 4.22. The van der Waals surface area contributed by atoms with Crippen LogP contribution in [-0.4, -0.2) is 80.1 Å². The van der Waals surface area contributed by atoms with Crippen LogP contribution in [0.4, 0.5) is 0 Å². The van der Waals surface area contributed by atoms with Crippen LogP contribution in [0.5, 0.6) is 0 Å². The highest BCUT2D eigenvalue weighted by Crippen LogP contribution is 2.28. The van der Waals surface area contributed by atoms with E-state index in [0.717, 1.165) is 77.8 Å². The minimum absolute atomic E-state index is 0.0959. The first-order chi connectivity index (χ1) is 10.6. The van der Waals surface area contributed by atoms with Crippen LogP contribution in [0, 0.1) is 0 Å². The molecule has 22 heavy (non-hydrogen) atoms. The Morgan fingerprint density at radius 2 is 1.36 bits per heavy atom. The summed E-state index contributed by atoms with van der Waals surface area (Å²) in [5, 5.41) is -0.0959. The van der Waals surface area contributed by atoms with Gasteiger partial charge >= 0.3 is 0 Å². The Labute approximate surface area is 135 Å². The number of piperidine rings is 1. The van der Waals surface area contributed by atoms with Gasteiger partial charge < -0.3 is 4.90 Å². The average Bonchev–Trinajstić information content (AvgIpc) is 2.56. The standard InChI is InChI=1S/C16H31N3O2S/c1-17-11-13-18(14-12-17)15-7-9-19(10-8-15)22(20,21)16-5-3-2-4-6-16/h15-16H,2-14H2,1H3. The molecular weight excluding hydrogens is 298 g/mol. The van der Waals surface area contributed by atoms with Gasteiger partial charge in [-0.3, -0.25) is 4.90 Å². The van der Waals surface area contributed by atoms with Gasteiger partial charge in [0, 0.05) is 45.3 Å².